The van der Waals surface area contributed by atoms with Crippen LogP contribution in [0.5, 0.6) is 5.75 Å². The third-order valence-corrected chi connectivity index (χ3v) is 3.77. The maximum atomic E-state index is 12.0. The summed E-state index contributed by atoms with van der Waals surface area (Å²) in [5.41, 5.74) is -0.908. The molecule has 2 heterocycles. The van der Waals surface area contributed by atoms with E-state index in [0.717, 1.165) is 12.8 Å². The van der Waals surface area contributed by atoms with Crippen LogP contribution < -0.4 is 15.7 Å². The molecule has 1 aromatic rings. The van der Waals surface area contributed by atoms with E-state index in [1.807, 2.05) is 0 Å². The maximum Gasteiger partial charge on any atom is 0.356 e. The molecule has 21 heavy (non-hydrogen) atoms. The fourth-order valence-electron chi connectivity index (χ4n) is 2.82. The Labute approximate surface area is 122 Å². The van der Waals surface area contributed by atoms with E-state index in [0.29, 0.717) is 11.9 Å². The van der Waals surface area contributed by atoms with Gasteiger partial charge in [-0.05, 0) is 12.8 Å². The number of rotatable bonds is 2. The highest BCUT2D eigenvalue weighted by atomic mass is 16.7. The van der Waals surface area contributed by atoms with E-state index in [-0.39, 0.29) is 11.3 Å². The molecule has 0 atom stereocenters. The van der Waals surface area contributed by atoms with Gasteiger partial charge in [-0.3, -0.25) is 0 Å². The van der Waals surface area contributed by atoms with Gasteiger partial charge in [-0.1, -0.05) is 19.3 Å². The summed E-state index contributed by atoms with van der Waals surface area (Å²) in [6, 6.07) is 1.86. The predicted octanol–water partition coefficient (Wildman–Crippen LogP) is 2.67. The Balaban J connectivity index is 1.89. The summed E-state index contributed by atoms with van der Waals surface area (Å²) in [4.78, 5) is 23.8. The van der Waals surface area contributed by atoms with Crippen LogP contribution in [0.3, 0.4) is 0 Å². The average Bonchev–Trinajstić information content (AvgIpc) is 2.37. The van der Waals surface area contributed by atoms with Crippen LogP contribution in [0.15, 0.2) is 15.3 Å². The molecule has 1 aromatic heterocycles. The maximum absolute atomic E-state index is 12.0. The largest absolute Gasteiger partial charge is 0.451 e. The van der Waals surface area contributed by atoms with Gasteiger partial charge in [0, 0.05) is 26.0 Å². The number of hydrogen-bond donors (Lipinski definition) is 1. The molecular formula is C15H19NO5. The van der Waals surface area contributed by atoms with Crippen molar-refractivity contribution in [3.63, 3.8) is 0 Å². The minimum Gasteiger partial charge on any atom is -0.451 e. The van der Waals surface area contributed by atoms with Crippen molar-refractivity contribution in [2.75, 3.05) is 5.32 Å². The van der Waals surface area contributed by atoms with Gasteiger partial charge in [0.2, 0.25) is 11.7 Å². The van der Waals surface area contributed by atoms with Crippen LogP contribution in [0.4, 0.5) is 5.88 Å². The van der Waals surface area contributed by atoms with E-state index in [2.05, 4.69) is 5.32 Å². The zero-order valence-electron chi connectivity index (χ0n) is 12.2. The lowest BCUT2D eigenvalue weighted by atomic mass is 9.95. The molecule has 114 valence electrons. The number of nitrogens with one attached hydrogen (secondary N) is 1. The van der Waals surface area contributed by atoms with Gasteiger partial charge in [-0.25, -0.2) is 9.59 Å². The first-order chi connectivity index (χ1) is 9.94. The first kappa shape index (κ1) is 14.0. The standard InChI is InChI=1S/C15H19NO5/c1-15(2)20-10-8-11(16-9-6-4-3-5-7-9)19-13(17)12(10)14(18)21-15/h8-9,16H,3-7H2,1-2H3. The number of esters is 1. The predicted molar refractivity (Wildman–Crippen MR) is 75.6 cm³/mol. The van der Waals surface area contributed by atoms with Crippen molar-refractivity contribution >= 4 is 11.9 Å². The van der Waals surface area contributed by atoms with Crippen LogP contribution in [0.1, 0.15) is 56.3 Å². The van der Waals surface area contributed by atoms with Gasteiger partial charge < -0.3 is 19.2 Å². The van der Waals surface area contributed by atoms with Crippen molar-refractivity contribution in [1.29, 1.82) is 0 Å². The zero-order valence-corrected chi connectivity index (χ0v) is 12.2. The van der Waals surface area contributed by atoms with Gasteiger partial charge in [0.15, 0.2) is 11.3 Å². The lowest BCUT2D eigenvalue weighted by Gasteiger charge is -2.31. The Kier molecular flexibility index (Phi) is 3.39. The van der Waals surface area contributed by atoms with Crippen molar-refractivity contribution in [1.82, 2.24) is 0 Å². The molecule has 0 aromatic carbocycles. The summed E-state index contributed by atoms with van der Waals surface area (Å²) in [6.45, 7) is 3.24. The van der Waals surface area contributed by atoms with E-state index in [9.17, 15) is 9.59 Å². The van der Waals surface area contributed by atoms with Crippen LogP contribution in [0.25, 0.3) is 0 Å². The van der Waals surface area contributed by atoms with E-state index < -0.39 is 17.4 Å². The second-order valence-electron chi connectivity index (χ2n) is 6.01. The van der Waals surface area contributed by atoms with Gasteiger partial charge in [-0.2, -0.15) is 0 Å². The number of ether oxygens (including phenoxy) is 2. The molecule has 0 amide bonds. The zero-order chi connectivity index (χ0) is 15.0. The summed E-state index contributed by atoms with van der Waals surface area (Å²) in [7, 11) is 0. The highest BCUT2D eigenvalue weighted by Gasteiger charge is 2.37. The molecule has 1 aliphatic carbocycles. The molecule has 0 spiro atoms. The summed E-state index contributed by atoms with van der Waals surface area (Å²) in [6.07, 6.45) is 5.69. The second-order valence-corrected chi connectivity index (χ2v) is 6.01. The summed E-state index contributed by atoms with van der Waals surface area (Å²) < 4.78 is 15.8. The normalized spacial score (nSPS) is 21.1. The number of carbonyl (C=O) groups excluding carboxylic acids is 1. The number of carbonyl (C=O) groups is 1. The Bertz CT molecular complexity index is 613. The molecule has 1 N–H and O–H groups in total. The highest BCUT2D eigenvalue weighted by Crippen LogP contribution is 2.31. The van der Waals surface area contributed by atoms with Crippen LogP contribution in [0, 0.1) is 0 Å². The minimum absolute atomic E-state index is 0.177. The van der Waals surface area contributed by atoms with E-state index in [1.165, 1.54) is 19.3 Å². The molecule has 0 radical (unpaired) electrons. The van der Waals surface area contributed by atoms with Gasteiger partial charge in [0.25, 0.3) is 0 Å². The summed E-state index contributed by atoms with van der Waals surface area (Å²) in [5.74, 6) is -1.24. The van der Waals surface area contributed by atoms with Crippen LogP contribution in [0.2, 0.25) is 0 Å². The molecule has 0 unspecified atom stereocenters. The van der Waals surface area contributed by atoms with E-state index in [4.69, 9.17) is 13.9 Å². The van der Waals surface area contributed by atoms with Gasteiger partial charge in [-0.15, -0.1) is 0 Å². The number of hydrogen-bond acceptors (Lipinski definition) is 6. The third kappa shape index (κ3) is 2.89. The van der Waals surface area contributed by atoms with Gasteiger partial charge in [0.05, 0.1) is 0 Å². The number of anilines is 1. The minimum atomic E-state index is -1.08. The first-order valence-electron chi connectivity index (χ1n) is 7.32. The monoisotopic (exact) mass is 293 g/mol. The molecule has 0 bridgehead atoms. The molecule has 1 fully saturated rings. The molecule has 1 saturated carbocycles. The molecular weight excluding hydrogens is 274 g/mol. The van der Waals surface area contributed by atoms with Crippen molar-refractivity contribution in [2.45, 2.75) is 57.8 Å². The van der Waals surface area contributed by atoms with Crippen LogP contribution in [-0.4, -0.2) is 17.8 Å². The van der Waals surface area contributed by atoms with E-state index in [1.54, 1.807) is 19.9 Å². The third-order valence-electron chi connectivity index (χ3n) is 3.77. The SMILES string of the molecule is CC1(C)OC(=O)c2c(cc(NC3CCCCC3)oc2=O)O1. The Morgan fingerprint density at radius 3 is 2.57 bits per heavy atom. The van der Waals surface area contributed by atoms with E-state index >= 15 is 0 Å². The topological polar surface area (TPSA) is 77.8 Å². The van der Waals surface area contributed by atoms with Crippen LogP contribution in [-0.2, 0) is 4.74 Å². The average molecular weight is 293 g/mol. The quantitative estimate of drug-likeness (QED) is 0.845. The van der Waals surface area contributed by atoms with Gasteiger partial charge in [0.1, 0.15) is 0 Å². The lowest BCUT2D eigenvalue weighted by Crippen LogP contribution is -2.41. The van der Waals surface area contributed by atoms with Crippen molar-refractivity contribution in [2.24, 2.45) is 0 Å². The second kappa shape index (κ2) is 5.09. The number of cyclic esters (lactones) is 1. The molecule has 0 saturated heterocycles. The fraction of sp³-hybridized carbons (Fsp3) is 0.600. The first-order valence-corrected chi connectivity index (χ1v) is 7.32. The fourth-order valence-corrected chi connectivity index (χ4v) is 2.82. The molecule has 6 nitrogen and oxygen atoms in total. The van der Waals surface area contributed by atoms with Crippen molar-refractivity contribution < 1.29 is 18.7 Å². The molecule has 1 aliphatic heterocycles. The highest BCUT2D eigenvalue weighted by molar-refractivity contribution is 5.93. The molecule has 2 aliphatic rings. The van der Waals surface area contributed by atoms with Crippen molar-refractivity contribution in [3.05, 3.63) is 22.0 Å². The molecule has 6 heteroatoms. The Hall–Kier alpha value is -1.98. The Morgan fingerprint density at radius 2 is 1.86 bits per heavy atom. The van der Waals surface area contributed by atoms with Gasteiger partial charge >= 0.3 is 11.6 Å². The summed E-state index contributed by atoms with van der Waals surface area (Å²) in [5, 5.41) is 3.22. The summed E-state index contributed by atoms with van der Waals surface area (Å²) >= 11 is 0. The smallest absolute Gasteiger partial charge is 0.356 e. The Morgan fingerprint density at radius 1 is 1.14 bits per heavy atom. The lowest BCUT2D eigenvalue weighted by molar-refractivity contribution is -0.128. The molecule has 3 rings (SSSR count). The van der Waals surface area contributed by atoms with Crippen LogP contribution >= 0.6 is 0 Å². The number of fused-ring (bicyclic) bond motifs is 1. The van der Waals surface area contributed by atoms with Crippen molar-refractivity contribution in [3.8, 4) is 5.75 Å².